The van der Waals surface area contributed by atoms with E-state index in [2.05, 4.69) is 22.5 Å². The molecule has 0 aromatic rings. The number of nitrogens with one attached hydrogen (secondary N) is 2. The van der Waals surface area contributed by atoms with E-state index in [-0.39, 0.29) is 56.6 Å². The maximum atomic E-state index is 12.3. The van der Waals surface area contributed by atoms with Crippen LogP contribution in [0, 0.1) is 0 Å². The summed E-state index contributed by atoms with van der Waals surface area (Å²) >= 11 is 0. The van der Waals surface area contributed by atoms with Crippen LogP contribution in [0.1, 0.15) is 32.6 Å². The van der Waals surface area contributed by atoms with Gasteiger partial charge < -0.3 is 20.4 Å². The summed E-state index contributed by atoms with van der Waals surface area (Å²) in [5, 5.41) is 5.77. The van der Waals surface area contributed by atoms with E-state index in [1.807, 2.05) is 19.0 Å². The molecule has 0 aliphatic carbocycles. The maximum Gasteiger partial charge on any atom is 0.334 e. The van der Waals surface area contributed by atoms with Crippen LogP contribution in [-0.4, -0.2) is 96.8 Å². The molecule has 2 N–H and O–H groups in total. The van der Waals surface area contributed by atoms with Gasteiger partial charge in [0.15, 0.2) is 0 Å². The van der Waals surface area contributed by atoms with Gasteiger partial charge in [0.1, 0.15) is 6.04 Å². The quantitative estimate of drug-likeness (QED) is 0.269. The second kappa shape index (κ2) is 10.3. The summed E-state index contributed by atoms with van der Waals surface area (Å²) in [6.07, 6.45) is -0.0415. The predicted molar refractivity (Wildman–Crippen MR) is 101 cm³/mol. The normalized spacial score (nSPS) is 23.2. The summed E-state index contributed by atoms with van der Waals surface area (Å²) in [7, 11) is 3.88. The highest BCUT2D eigenvalue weighted by Crippen LogP contribution is 2.13. The molecule has 2 aliphatic rings. The molecule has 0 radical (unpaired) electrons. The molecule has 0 aromatic heterocycles. The van der Waals surface area contributed by atoms with Crippen LogP contribution in [-0.2, 0) is 28.8 Å². The Balaban J connectivity index is 1.60. The van der Waals surface area contributed by atoms with Crippen LogP contribution in [0.2, 0.25) is 0 Å². The van der Waals surface area contributed by atoms with Crippen molar-refractivity contribution in [2.75, 3.05) is 40.3 Å². The summed E-state index contributed by atoms with van der Waals surface area (Å²) in [6, 6.07) is 0.119. The van der Waals surface area contributed by atoms with Gasteiger partial charge in [-0.05, 0) is 21.0 Å². The number of likely N-dealkylation sites (N-methyl/N-ethyl adjacent to an activating group) is 2. The first kappa shape index (κ1) is 22.8. The molecule has 11 heteroatoms. The molecule has 11 nitrogen and oxygen atoms in total. The lowest BCUT2D eigenvalue weighted by atomic mass is 10.3. The number of hydroxylamine groups is 2. The largest absolute Gasteiger partial charge is 0.355 e. The van der Waals surface area contributed by atoms with E-state index in [4.69, 9.17) is 4.84 Å². The highest BCUT2D eigenvalue weighted by molar-refractivity contribution is 6.01. The molecule has 0 spiro atoms. The summed E-state index contributed by atoms with van der Waals surface area (Å²) in [5.41, 5.74) is 0. The van der Waals surface area contributed by atoms with Gasteiger partial charge in [0.2, 0.25) is 11.8 Å². The van der Waals surface area contributed by atoms with Gasteiger partial charge in [-0.2, -0.15) is 0 Å². The Morgan fingerprint density at radius 1 is 0.966 bits per heavy atom. The lowest BCUT2D eigenvalue weighted by Crippen LogP contribution is -2.59. The average Bonchev–Trinajstić information content (AvgIpc) is 2.96. The molecular formula is C18H29N5O6. The second-order valence-electron chi connectivity index (χ2n) is 7.43. The van der Waals surface area contributed by atoms with Gasteiger partial charge in [0, 0.05) is 51.5 Å². The Hall–Kier alpha value is -2.53. The Bertz CT molecular complexity index is 653. The van der Waals surface area contributed by atoms with Crippen molar-refractivity contribution in [3.63, 3.8) is 0 Å². The molecule has 4 amide bonds. The van der Waals surface area contributed by atoms with Gasteiger partial charge in [-0.25, -0.2) is 4.79 Å². The van der Waals surface area contributed by atoms with Crippen LogP contribution in [0.25, 0.3) is 0 Å². The van der Waals surface area contributed by atoms with Crippen LogP contribution in [0.15, 0.2) is 0 Å². The maximum absolute atomic E-state index is 12.3. The number of imide groups is 1. The summed E-state index contributed by atoms with van der Waals surface area (Å²) < 4.78 is 0. The Labute approximate surface area is 169 Å². The highest BCUT2D eigenvalue weighted by atomic mass is 16.7. The topological polar surface area (TPSA) is 128 Å². The molecule has 2 unspecified atom stereocenters. The van der Waals surface area contributed by atoms with Crippen molar-refractivity contribution in [3.8, 4) is 0 Å². The minimum Gasteiger partial charge on any atom is -0.355 e. The van der Waals surface area contributed by atoms with Gasteiger partial charge in [0.25, 0.3) is 11.8 Å². The van der Waals surface area contributed by atoms with E-state index >= 15 is 0 Å². The number of carbonyl (C=O) groups excluding carboxylic acids is 5. The van der Waals surface area contributed by atoms with E-state index in [1.54, 1.807) is 0 Å². The van der Waals surface area contributed by atoms with Crippen molar-refractivity contribution >= 4 is 29.6 Å². The van der Waals surface area contributed by atoms with E-state index in [9.17, 15) is 24.0 Å². The van der Waals surface area contributed by atoms with E-state index in [0.29, 0.717) is 17.6 Å². The lowest BCUT2D eigenvalue weighted by molar-refractivity contribution is -0.197. The number of amides is 4. The predicted octanol–water partition coefficient (Wildman–Crippen LogP) is -1.76. The van der Waals surface area contributed by atoms with Crippen LogP contribution < -0.4 is 10.6 Å². The average molecular weight is 420 g/mol. The molecule has 2 fully saturated rings. The molecule has 0 aromatic carbocycles. The number of rotatable bonds is 8. The standard InChI is InChI=1S/C18H29N5O6/c1-12-10-22(3)13(11-21(12)2)18(28)20-8-6-14(24)19-9-7-17(27)29-23-15(25)4-5-16(23)26/h12-13H,4-11H2,1-3H3,(H,19,24)(H,20,28)/i1+1,2+1,3+1,10+1,11+1,12+1,13+1,21+1,22+1. The smallest absolute Gasteiger partial charge is 0.334 e. The second-order valence-corrected chi connectivity index (χ2v) is 7.43. The van der Waals surface area contributed by atoms with Gasteiger partial charge in [-0.15, -0.1) is 5.06 Å². The SMILES string of the molecule is [13CH3][13CH]1[13CH2][15N]([13CH3])[13CH](C(=O)NCCC(=O)NCCC(=O)ON2C(=O)CCC2=O)[13CH2][15N]1[13CH3]. The van der Waals surface area contributed by atoms with Crippen molar-refractivity contribution in [1.29, 1.82) is 0 Å². The number of piperazine rings is 1. The molecule has 2 rings (SSSR count). The zero-order chi connectivity index (χ0) is 21.6. The summed E-state index contributed by atoms with van der Waals surface area (Å²) in [5.74, 6) is -2.32. The van der Waals surface area contributed by atoms with Gasteiger partial charge in [-0.1, -0.05) is 0 Å². The van der Waals surface area contributed by atoms with E-state index in [0.717, 1.165) is 6.54 Å². The van der Waals surface area contributed by atoms with Gasteiger partial charge in [0.05, 0.1) is 6.42 Å². The Kier molecular flexibility index (Phi) is 8.09. The molecule has 2 saturated heterocycles. The summed E-state index contributed by atoms with van der Waals surface area (Å²) in [6.45, 7) is 3.72. The summed E-state index contributed by atoms with van der Waals surface area (Å²) in [4.78, 5) is 67.4. The molecule has 2 heterocycles. The number of nitrogens with zero attached hydrogens (tertiary/aromatic N) is 3. The number of hydrogen-bond acceptors (Lipinski definition) is 8. The molecule has 0 saturated carbocycles. The van der Waals surface area contributed by atoms with Crippen molar-refractivity contribution in [3.05, 3.63) is 0 Å². The van der Waals surface area contributed by atoms with E-state index < -0.39 is 17.8 Å². The van der Waals surface area contributed by atoms with Crippen molar-refractivity contribution in [2.24, 2.45) is 0 Å². The number of hydrogen-bond donors (Lipinski definition) is 2. The molecule has 0 bridgehead atoms. The van der Waals surface area contributed by atoms with Crippen molar-refractivity contribution in [2.45, 2.75) is 44.7 Å². The van der Waals surface area contributed by atoms with Gasteiger partial charge in [-0.3, -0.25) is 24.1 Å². The molecule has 2 atom stereocenters. The first-order chi connectivity index (χ1) is 13.7. The third-order valence-electron chi connectivity index (χ3n) is 5.10. The Morgan fingerprint density at radius 2 is 1.59 bits per heavy atom. The van der Waals surface area contributed by atoms with Crippen LogP contribution in [0.5, 0.6) is 0 Å². The number of carbonyl (C=O) groups is 5. The molecular weight excluding hydrogens is 391 g/mol. The van der Waals surface area contributed by atoms with Gasteiger partial charge >= 0.3 is 5.97 Å². The minimum absolute atomic E-state index is 0.00980. The highest BCUT2D eigenvalue weighted by Gasteiger charge is 2.33. The lowest BCUT2D eigenvalue weighted by Gasteiger charge is -2.41. The zero-order valence-corrected chi connectivity index (χ0v) is 17.1. The monoisotopic (exact) mass is 420 g/mol. The third kappa shape index (κ3) is 6.50. The first-order valence-corrected chi connectivity index (χ1v) is 9.70. The van der Waals surface area contributed by atoms with Crippen LogP contribution in [0.4, 0.5) is 0 Å². The zero-order valence-electron chi connectivity index (χ0n) is 17.1. The van der Waals surface area contributed by atoms with Crippen molar-refractivity contribution < 1.29 is 28.8 Å². The molecule has 29 heavy (non-hydrogen) atoms. The first-order valence-electron chi connectivity index (χ1n) is 9.70. The fraction of sp³-hybridized carbons (Fsp3) is 0.722. The molecule has 162 valence electrons. The third-order valence-corrected chi connectivity index (χ3v) is 5.10. The van der Waals surface area contributed by atoms with Crippen LogP contribution in [0.3, 0.4) is 0 Å². The molecule has 2 aliphatic heterocycles. The van der Waals surface area contributed by atoms with Crippen LogP contribution >= 0.6 is 0 Å². The van der Waals surface area contributed by atoms with E-state index in [1.165, 1.54) is 0 Å². The Morgan fingerprint density at radius 3 is 2.24 bits per heavy atom. The minimum atomic E-state index is -0.777. The van der Waals surface area contributed by atoms with Crippen molar-refractivity contribution in [1.82, 2.24) is 25.5 Å². The fourth-order valence-electron chi connectivity index (χ4n) is 3.17. The fourth-order valence-corrected chi connectivity index (χ4v) is 3.17.